The number of methoxy groups -OCH3 is 1. The number of carbonyl (C=O) groups excluding carboxylic acids is 1. The molecule has 3 aromatic carbocycles. The van der Waals surface area contributed by atoms with Crippen molar-refractivity contribution < 1.29 is 14.3 Å². The summed E-state index contributed by atoms with van der Waals surface area (Å²) in [5.41, 5.74) is 4.07. The Balaban J connectivity index is 1.81. The van der Waals surface area contributed by atoms with Crippen molar-refractivity contribution in [2.24, 2.45) is 0 Å². The van der Waals surface area contributed by atoms with Crippen LogP contribution in [0.5, 0.6) is 11.5 Å². The first-order chi connectivity index (χ1) is 16.4. The van der Waals surface area contributed by atoms with Gasteiger partial charge in [-0.3, -0.25) is 0 Å². The van der Waals surface area contributed by atoms with E-state index in [0.29, 0.717) is 25.4 Å². The highest BCUT2D eigenvalue weighted by Gasteiger charge is 2.19. The number of ether oxygens (including phenoxy) is 2. The molecular formula is C27H26Br2N2O3. The maximum atomic E-state index is 12.8. The van der Waals surface area contributed by atoms with E-state index >= 15 is 0 Å². The zero-order chi connectivity index (χ0) is 24.2. The van der Waals surface area contributed by atoms with E-state index in [-0.39, 0.29) is 6.09 Å². The second kappa shape index (κ2) is 10.7. The van der Waals surface area contributed by atoms with Crippen molar-refractivity contribution in [1.29, 1.82) is 0 Å². The van der Waals surface area contributed by atoms with Crippen LogP contribution in [0, 0.1) is 0 Å². The van der Waals surface area contributed by atoms with Gasteiger partial charge in [-0.15, -0.1) is 0 Å². The molecule has 0 radical (unpaired) electrons. The molecule has 0 N–H and O–H groups in total. The van der Waals surface area contributed by atoms with Crippen molar-refractivity contribution in [3.05, 3.63) is 81.4 Å². The molecular weight excluding hydrogens is 560 g/mol. The molecule has 0 saturated carbocycles. The number of carbonyl (C=O) groups is 1. The van der Waals surface area contributed by atoms with Crippen molar-refractivity contribution in [2.45, 2.75) is 20.4 Å². The third kappa shape index (κ3) is 5.15. The summed E-state index contributed by atoms with van der Waals surface area (Å²) in [6.07, 6.45) is 1.72. The van der Waals surface area contributed by atoms with Crippen molar-refractivity contribution >= 4 is 48.9 Å². The highest BCUT2D eigenvalue weighted by atomic mass is 79.9. The molecule has 1 heterocycles. The van der Waals surface area contributed by atoms with Crippen LogP contribution in [0.1, 0.15) is 19.4 Å². The van der Waals surface area contributed by atoms with E-state index in [4.69, 9.17) is 9.47 Å². The zero-order valence-corrected chi connectivity index (χ0v) is 22.5. The maximum absolute atomic E-state index is 12.8. The lowest BCUT2D eigenvalue weighted by Gasteiger charge is -2.20. The van der Waals surface area contributed by atoms with E-state index < -0.39 is 0 Å². The number of hydrogen-bond donors (Lipinski definition) is 0. The molecule has 1 aromatic heterocycles. The Morgan fingerprint density at radius 3 is 2.24 bits per heavy atom. The normalized spacial score (nSPS) is 11.0. The lowest BCUT2D eigenvalue weighted by atomic mass is 10.0. The second-order valence-corrected chi connectivity index (χ2v) is 9.69. The molecule has 0 unspecified atom stereocenters. The molecule has 0 atom stereocenters. The fraction of sp³-hybridized carbons (Fsp3) is 0.222. The molecule has 0 spiro atoms. The van der Waals surface area contributed by atoms with Crippen LogP contribution in [0.2, 0.25) is 0 Å². The van der Waals surface area contributed by atoms with Gasteiger partial charge in [-0.25, -0.2) is 4.79 Å². The summed E-state index contributed by atoms with van der Waals surface area (Å²) in [6, 6.07) is 20.0. The first-order valence-corrected chi connectivity index (χ1v) is 12.7. The minimum absolute atomic E-state index is 0.350. The molecule has 0 fully saturated rings. The van der Waals surface area contributed by atoms with Crippen molar-refractivity contribution in [3.63, 3.8) is 0 Å². The van der Waals surface area contributed by atoms with E-state index in [2.05, 4.69) is 60.8 Å². The van der Waals surface area contributed by atoms with Gasteiger partial charge in [0.2, 0.25) is 0 Å². The summed E-state index contributed by atoms with van der Waals surface area (Å²) in [5.74, 6) is 1.31. The maximum Gasteiger partial charge on any atom is 0.415 e. The molecule has 0 aliphatic heterocycles. The fourth-order valence-electron chi connectivity index (χ4n) is 4.07. The average molecular weight is 586 g/mol. The summed E-state index contributed by atoms with van der Waals surface area (Å²) in [4.78, 5) is 14.4. The average Bonchev–Trinajstić information content (AvgIpc) is 3.21. The third-order valence-corrected chi connectivity index (χ3v) is 6.70. The Hall–Kier alpha value is -2.77. The molecule has 0 saturated heterocycles. The molecule has 0 bridgehead atoms. The van der Waals surface area contributed by atoms with E-state index in [9.17, 15) is 4.79 Å². The first kappa shape index (κ1) is 24.4. The van der Waals surface area contributed by atoms with Gasteiger partial charge in [0.1, 0.15) is 11.5 Å². The molecule has 34 heavy (non-hydrogen) atoms. The minimum atomic E-state index is -0.350. The first-order valence-electron chi connectivity index (χ1n) is 11.1. The van der Waals surface area contributed by atoms with Crippen LogP contribution in [0.3, 0.4) is 0 Å². The minimum Gasteiger partial charge on any atom is -0.497 e. The van der Waals surface area contributed by atoms with Gasteiger partial charge in [0.15, 0.2) is 0 Å². The Kier molecular flexibility index (Phi) is 7.63. The van der Waals surface area contributed by atoms with Gasteiger partial charge in [-0.2, -0.15) is 0 Å². The van der Waals surface area contributed by atoms with Crippen LogP contribution in [0.4, 0.5) is 4.79 Å². The number of nitrogens with zero attached hydrogens (tertiary/aromatic N) is 2. The fourth-order valence-corrected chi connectivity index (χ4v) is 5.46. The van der Waals surface area contributed by atoms with Gasteiger partial charge in [0, 0.05) is 51.2 Å². The summed E-state index contributed by atoms with van der Waals surface area (Å²) in [5, 5.41) is 1.02. The molecule has 176 valence electrons. The van der Waals surface area contributed by atoms with Gasteiger partial charge in [-0.1, -0.05) is 44.0 Å². The van der Waals surface area contributed by atoms with Gasteiger partial charge in [0.05, 0.1) is 7.11 Å². The summed E-state index contributed by atoms with van der Waals surface area (Å²) in [6.45, 7) is 5.78. The number of halogens is 2. The van der Waals surface area contributed by atoms with E-state index in [1.54, 1.807) is 12.0 Å². The van der Waals surface area contributed by atoms with Crippen LogP contribution < -0.4 is 9.47 Å². The zero-order valence-electron chi connectivity index (χ0n) is 19.3. The predicted molar refractivity (Wildman–Crippen MR) is 144 cm³/mol. The van der Waals surface area contributed by atoms with Crippen LogP contribution in [-0.4, -0.2) is 35.8 Å². The monoisotopic (exact) mass is 584 g/mol. The van der Waals surface area contributed by atoms with E-state index in [1.807, 2.05) is 56.3 Å². The van der Waals surface area contributed by atoms with E-state index in [1.165, 1.54) is 5.56 Å². The molecule has 5 nitrogen and oxygen atoms in total. The van der Waals surface area contributed by atoms with Crippen LogP contribution in [0.15, 0.2) is 75.8 Å². The lowest BCUT2D eigenvalue weighted by Crippen LogP contribution is -2.33. The van der Waals surface area contributed by atoms with E-state index in [0.717, 1.165) is 36.7 Å². The SMILES string of the molecule is CCN(CC)C(=O)Oc1ccc2c(ccn2Cc2cc(Br)cc(Br)c2)c1-c1ccc(OC)cc1. The largest absolute Gasteiger partial charge is 0.497 e. The number of aromatic nitrogens is 1. The van der Waals surface area contributed by atoms with Gasteiger partial charge < -0.3 is 18.9 Å². The molecule has 7 heteroatoms. The predicted octanol–water partition coefficient (Wildman–Crippen LogP) is 7.73. The van der Waals surface area contributed by atoms with Crippen molar-refractivity contribution in [1.82, 2.24) is 9.47 Å². The standard InChI is InChI=1S/C27H26Br2N2O3/c1-4-30(5-2)27(32)34-25-11-10-24-23(26(25)19-6-8-22(33-3)9-7-19)12-13-31(24)17-18-14-20(28)16-21(29)15-18/h6-16H,4-5,17H2,1-3H3. The number of rotatable bonds is 7. The molecule has 0 aliphatic carbocycles. The summed E-state index contributed by atoms with van der Waals surface area (Å²) in [7, 11) is 1.65. The van der Waals surface area contributed by atoms with Crippen LogP contribution >= 0.6 is 31.9 Å². The van der Waals surface area contributed by atoms with Crippen LogP contribution in [0.25, 0.3) is 22.0 Å². The Morgan fingerprint density at radius 1 is 0.941 bits per heavy atom. The highest BCUT2D eigenvalue weighted by Crippen LogP contribution is 2.39. The van der Waals surface area contributed by atoms with Crippen molar-refractivity contribution in [3.8, 4) is 22.6 Å². The number of amides is 1. The molecule has 4 aromatic rings. The number of hydrogen-bond acceptors (Lipinski definition) is 3. The summed E-state index contributed by atoms with van der Waals surface area (Å²) >= 11 is 7.15. The Morgan fingerprint density at radius 2 is 1.62 bits per heavy atom. The number of fused-ring (bicyclic) bond motifs is 1. The molecule has 1 amide bonds. The smallest absolute Gasteiger partial charge is 0.415 e. The van der Waals surface area contributed by atoms with Crippen LogP contribution in [-0.2, 0) is 6.54 Å². The van der Waals surface area contributed by atoms with Crippen molar-refractivity contribution in [2.75, 3.05) is 20.2 Å². The third-order valence-electron chi connectivity index (χ3n) is 5.79. The highest BCUT2D eigenvalue weighted by molar-refractivity contribution is 9.11. The van der Waals surface area contributed by atoms with Gasteiger partial charge >= 0.3 is 6.09 Å². The molecule has 4 rings (SSSR count). The second-order valence-electron chi connectivity index (χ2n) is 7.86. The van der Waals surface area contributed by atoms with Gasteiger partial charge in [-0.05, 0) is 73.5 Å². The summed E-state index contributed by atoms with van der Waals surface area (Å²) < 4.78 is 15.5. The van der Waals surface area contributed by atoms with Gasteiger partial charge in [0.25, 0.3) is 0 Å². The lowest BCUT2D eigenvalue weighted by molar-refractivity contribution is 0.157. The topological polar surface area (TPSA) is 43.7 Å². The quantitative estimate of drug-likeness (QED) is 0.223. The number of benzene rings is 3. The Bertz CT molecular complexity index is 1290. The Labute approximate surface area is 216 Å². The molecule has 0 aliphatic rings.